The molecule has 1 atom stereocenters. The molecule has 0 bridgehead atoms. The Morgan fingerprint density at radius 1 is 1.38 bits per heavy atom. The highest BCUT2D eigenvalue weighted by atomic mass is 32.2. The van der Waals surface area contributed by atoms with Gasteiger partial charge in [0.25, 0.3) is 10.0 Å². The first-order chi connectivity index (χ1) is 10.1. The third-order valence-corrected chi connectivity index (χ3v) is 4.67. The largest absolute Gasteiger partial charge is 0.447 e. The zero-order chi connectivity index (χ0) is 15.1. The molecular formula is C14H22N2O4S. The van der Waals surface area contributed by atoms with E-state index in [2.05, 4.69) is 16.1 Å². The number of ether oxygens (including phenoxy) is 1. The van der Waals surface area contributed by atoms with Crippen molar-refractivity contribution in [3.05, 3.63) is 30.0 Å². The minimum atomic E-state index is -3.58. The highest BCUT2D eigenvalue weighted by Crippen LogP contribution is 2.17. The van der Waals surface area contributed by atoms with Crippen molar-refractivity contribution in [3.8, 4) is 0 Å². The highest BCUT2D eigenvalue weighted by Gasteiger charge is 2.23. The van der Waals surface area contributed by atoms with E-state index in [9.17, 15) is 8.42 Å². The third-order valence-electron chi connectivity index (χ3n) is 3.27. The molecule has 7 heteroatoms. The summed E-state index contributed by atoms with van der Waals surface area (Å²) in [4.78, 5) is 0. The Morgan fingerprint density at radius 2 is 2.24 bits per heavy atom. The van der Waals surface area contributed by atoms with Crippen LogP contribution in [-0.2, 0) is 21.3 Å². The van der Waals surface area contributed by atoms with Crippen LogP contribution >= 0.6 is 0 Å². The van der Waals surface area contributed by atoms with Gasteiger partial charge in [0, 0.05) is 19.7 Å². The Balaban J connectivity index is 1.90. The maximum Gasteiger partial charge on any atom is 0.274 e. The number of nitrogens with one attached hydrogen (secondary N) is 2. The molecule has 2 rings (SSSR count). The van der Waals surface area contributed by atoms with Gasteiger partial charge in [-0.15, -0.1) is 0 Å². The molecule has 1 aromatic heterocycles. The first kappa shape index (κ1) is 16.2. The Hall–Kier alpha value is -1.15. The third kappa shape index (κ3) is 4.96. The summed E-state index contributed by atoms with van der Waals surface area (Å²) in [5, 5.41) is 3.08. The molecule has 6 nitrogen and oxygen atoms in total. The van der Waals surface area contributed by atoms with Crippen molar-refractivity contribution in [1.82, 2.24) is 10.0 Å². The maximum atomic E-state index is 12.2. The monoisotopic (exact) mass is 314 g/mol. The summed E-state index contributed by atoms with van der Waals surface area (Å²) in [5.41, 5.74) is 0. The lowest BCUT2D eigenvalue weighted by Crippen LogP contribution is -2.35. The maximum absolute atomic E-state index is 12.2. The van der Waals surface area contributed by atoms with Crippen molar-refractivity contribution < 1.29 is 17.6 Å². The number of sulfonamides is 1. The van der Waals surface area contributed by atoms with Crippen LogP contribution < -0.4 is 10.0 Å². The second kappa shape index (κ2) is 7.74. The first-order valence-corrected chi connectivity index (χ1v) is 8.56. The molecule has 1 aliphatic rings. The lowest BCUT2D eigenvalue weighted by Gasteiger charge is -2.18. The second-order valence-corrected chi connectivity index (χ2v) is 6.64. The van der Waals surface area contributed by atoms with Gasteiger partial charge in [-0.2, -0.15) is 0 Å². The molecular weight excluding hydrogens is 292 g/mol. The van der Waals surface area contributed by atoms with Gasteiger partial charge < -0.3 is 14.5 Å². The Labute approximate surface area is 125 Å². The molecule has 1 aliphatic carbocycles. The van der Waals surface area contributed by atoms with Gasteiger partial charge in [0.15, 0.2) is 0 Å². The predicted molar refractivity (Wildman–Crippen MR) is 79.4 cm³/mol. The van der Waals surface area contributed by atoms with Gasteiger partial charge in [-0.25, -0.2) is 13.1 Å². The summed E-state index contributed by atoms with van der Waals surface area (Å²) in [6.45, 7) is 1.76. The fourth-order valence-corrected chi connectivity index (χ4v) is 3.39. The van der Waals surface area contributed by atoms with Crippen LogP contribution in [0.4, 0.5) is 0 Å². The van der Waals surface area contributed by atoms with Crippen LogP contribution in [0.3, 0.4) is 0 Å². The van der Waals surface area contributed by atoms with E-state index in [1.807, 2.05) is 6.08 Å². The van der Waals surface area contributed by atoms with Gasteiger partial charge in [0.05, 0.1) is 13.2 Å². The Morgan fingerprint density at radius 3 is 2.95 bits per heavy atom. The summed E-state index contributed by atoms with van der Waals surface area (Å²) >= 11 is 0. The lowest BCUT2D eigenvalue weighted by atomic mass is 10.0. The van der Waals surface area contributed by atoms with Gasteiger partial charge in [-0.1, -0.05) is 12.2 Å². The summed E-state index contributed by atoms with van der Waals surface area (Å²) < 4.78 is 37.4. The number of allylic oxidation sites excluding steroid dienone is 1. The second-order valence-electron chi connectivity index (χ2n) is 4.99. The highest BCUT2D eigenvalue weighted by molar-refractivity contribution is 7.89. The molecule has 0 spiro atoms. The summed E-state index contributed by atoms with van der Waals surface area (Å²) in [5.74, 6) is 0.593. The molecule has 1 aromatic rings. The number of furan rings is 1. The molecule has 0 aliphatic heterocycles. The van der Waals surface area contributed by atoms with E-state index < -0.39 is 10.0 Å². The van der Waals surface area contributed by atoms with E-state index in [4.69, 9.17) is 9.15 Å². The van der Waals surface area contributed by atoms with Crippen molar-refractivity contribution in [3.63, 3.8) is 0 Å². The number of rotatable bonds is 8. The van der Waals surface area contributed by atoms with E-state index in [-0.39, 0.29) is 11.1 Å². The van der Waals surface area contributed by atoms with Crippen LogP contribution in [-0.4, -0.2) is 34.7 Å². The van der Waals surface area contributed by atoms with Crippen LogP contribution in [0.5, 0.6) is 0 Å². The van der Waals surface area contributed by atoms with E-state index in [0.29, 0.717) is 25.5 Å². The lowest BCUT2D eigenvalue weighted by molar-refractivity contribution is 0.198. The minimum absolute atomic E-state index is 0.0272. The molecule has 0 saturated carbocycles. The van der Waals surface area contributed by atoms with Crippen LogP contribution in [0, 0.1) is 0 Å². The van der Waals surface area contributed by atoms with Gasteiger partial charge in [-0.05, 0) is 31.4 Å². The van der Waals surface area contributed by atoms with Crippen molar-refractivity contribution in [2.24, 2.45) is 0 Å². The van der Waals surface area contributed by atoms with Crippen molar-refractivity contribution in [1.29, 1.82) is 0 Å². The van der Waals surface area contributed by atoms with Crippen LogP contribution in [0.25, 0.3) is 0 Å². The average molecular weight is 314 g/mol. The number of hydrogen-bond donors (Lipinski definition) is 2. The van der Waals surface area contributed by atoms with Crippen molar-refractivity contribution in [2.75, 3.05) is 20.3 Å². The zero-order valence-corrected chi connectivity index (χ0v) is 13.0. The smallest absolute Gasteiger partial charge is 0.274 e. The summed E-state index contributed by atoms with van der Waals surface area (Å²) in [6.07, 6.45) is 6.53. The van der Waals surface area contributed by atoms with Gasteiger partial charge in [0.1, 0.15) is 5.76 Å². The van der Waals surface area contributed by atoms with Crippen LogP contribution in [0.15, 0.2) is 33.8 Å². The molecule has 0 fully saturated rings. The normalized spacial score (nSPS) is 19.0. The van der Waals surface area contributed by atoms with Crippen LogP contribution in [0.2, 0.25) is 0 Å². The fraction of sp³-hybridized carbons (Fsp3) is 0.571. The quantitative estimate of drug-likeness (QED) is 0.560. The molecule has 21 heavy (non-hydrogen) atoms. The number of methoxy groups -OCH3 is 1. The van der Waals surface area contributed by atoms with E-state index in [1.165, 1.54) is 6.07 Å². The first-order valence-electron chi connectivity index (χ1n) is 7.07. The predicted octanol–water partition coefficient (Wildman–Crippen LogP) is 1.40. The van der Waals surface area contributed by atoms with Gasteiger partial charge >= 0.3 is 0 Å². The Bertz CT molecular complexity index is 565. The summed E-state index contributed by atoms with van der Waals surface area (Å²) in [6, 6.07) is 3.12. The fourth-order valence-electron chi connectivity index (χ4n) is 2.16. The topological polar surface area (TPSA) is 80.6 Å². The molecule has 0 saturated heterocycles. The number of hydrogen-bond acceptors (Lipinski definition) is 5. The van der Waals surface area contributed by atoms with Crippen molar-refractivity contribution in [2.45, 2.75) is 36.9 Å². The molecule has 1 heterocycles. The standard InChI is InChI=1S/C14H22N2O4S/c1-19-10-9-15-11-13-7-8-14(20-13)21(17,18)16-12-5-3-2-4-6-12/h2-3,7-8,12,15-16H,4-6,9-11H2,1H3. The van der Waals surface area contributed by atoms with E-state index in [0.717, 1.165) is 19.3 Å². The molecule has 1 unspecified atom stereocenters. The van der Waals surface area contributed by atoms with E-state index >= 15 is 0 Å². The molecule has 0 radical (unpaired) electrons. The Kier molecular flexibility index (Phi) is 5.98. The molecule has 118 valence electrons. The zero-order valence-electron chi connectivity index (χ0n) is 12.2. The molecule has 2 N–H and O–H groups in total. The van der Waals surface area contributed by atoms with Crippen molar-refractivity contribution >= 4 is 10.0 Å². The van der Waals surface area contributed by atoms with E-state index in [1.54, 1.807) is 13.2 Å². The van der Waals surface area contributed by atoms with Gasteiger partial charge in [-0.3, -0.25) is 0 Å². The molecule has 0 amide bonds. The minimum Gasteiger partial charge on any atom is -0.447 e. The summed E-state index contributed by atoms with van der Waals surface area (Å²) in [7, 11) is -1.95. The van der Waals surface area contributed by atoms with Crippen LogP contribution in [0.1, 0.15) is 25.0 Å². The SMILES string of the molecule is COCCNCc1ccc(S(=O)(=O)NC2CC=CCC2)o1. The molecule has 0 aromatic carbocycles. The van der Waals surface area contributed by atoms with Gasteiger partial charge in [0.2, 0.25) is 5.09 Å². The average Bonchev–Trinajstić information content (AvgIpc) is 2.94.